The molecule has 0 saturated heterocycles. The quantitative estimate of drug-likeness (QED) is 0.827. The van der Waals surface area contributed by atoms with Gasteiger partial charge in [0.05, 0.1) is 13.0 Å². The molecule has 126 valence electrons. The first kappa shape index (κ1) is 17.9. The maximum Gasteiger partial charge on any atom is 0.165 e. The van der Waals surface area contributed by atoms with Crippen molar-refractivity contribution in [1.29, 1.82) is 0 Å². The van der Waals surface area contributed by atoms with Crippen molar-refractivity contribution < 1.29 is 9.13 Å². The van der Waals surface area contributed by atoms with Crippen LogP contribution in [0.1, 0.15) is 11.6 Å². The van der Waals surface area contributed by atoms with Crippen LogP contribution in [-0.2, 0) is 16.2 Å². The Bertz CT molecular complexity index is 866. The largest absolute Gasteiger partial charge is 0.345 e. The molecular weight excluding hydrogens is 332 g/mol. The van der Waals surface area contributed by atoms with Gasteiger partial charge in [-0.1, -0.05) is 0 Å². The third-order valence-corrected chi connectivity index (χ3v) is 9.04. The number of anilines is 1. The van der Waals surface area contributed by atoms with Crippen LogP contribution in [0.2, 0.25) is 0 Å². The molecule has 0 saturated carbocycles. The first-order valence-electron chi connectivity index (χ1n) is 7.21. The summed E-state index contributed by atoms with van der Waals surface area (Å²) in [6.45, 7) is 8.65. The minimum atomic E-state index is -2.60. The predicted molar refractivity (Wildman–Crippen MR) is 96.4 cm³/mol. The molecule has 1 N–H and O–H groups in total. The van der Waals surface area contributed by atoms with E-state index in [1.165, 1.54) is 0 Å². The summed E-state index contributed by atoms with van der Waals surface area (Å²) in [5, 5.41) is 3.04. The molecule has 0 aliphatic carbocycles. The third-order valence-electron chi connectivity index (χ3n) is 3.29. The van der Waals surface area contributed by atoms with Crippen LogP contribution in [0.5, 0.6) is 0 Å². The summed E-state index contributed by atoms with van der Waals surface area (Å²) < 4.78 is 26.2. The van der Waals surface area contributed by atoms with E-state index in [9.17, 15) is 9.13 Å². The SMILES string of the molecule is Cc1nc(N/C=C/P(C)(=O)CP(C)(C)=O)c2nc(C)n(C)c2n1. The van der Waals surface area contributed by atoms with Gasteiger partial charge in [-0.15, -0.1) is 0 Å². The highest BCUT2D eigenvalue weighted by Gasteiger charge is 2.20. The van der Waals surface area contributed by atoms with E-state index in [4.69, 9.17) is 0 Å². The van der Waals surface area contributed by atoms with Crippen molar-refractivity contribution in [3.8, 4) is 0 Å². The van der Waals surface area contributed by atoms with Gasteiger partial charge in [-0.2, -0.15) is 0 Å². The molecule has 0 fully saturated rings. The van der Waals surface area contributed by atoms with Crippen LogP contribution in [0.25, 0.3) is 11.2 Å². The Hall–Kier alpha value is -1.45. The minimum absolute atomic E-state index is 0.221. The van der Waals surface area contributed by atoms with Crippen molar-refractivity contribution in [3.63, 3.8) is 0 Å². The van der Waals surface area contributed by atoms with Gasteiger partial charge >= 0.3 is 0 Å². The lowest BCUT2D eigenvalue weighted by Crippen LogP contribution is -1.99. The highest BCUT2D eigenvalue weighted by atomic mass is 31.2. The number of nitrogens with zero attached hydrogens (tertiary/aromatic N) is 4. The number of hydrogen-bond acceptors (Lipinski definition) is 6. The summed E-state index contributed by atoms with van der Waals surface area (Å²) in [5.41, 5.74) is 1.42. The molecule has 0 radical (unpaired) electrons. The average molecular weight is 355 g/mol. The zero-order valence-electron chi connectivity index (χ0n) is 14.4. The van der Waals surface area contributed by atoms with Gasteiger partial charge in [0, 0.05) is 13.2 Å². The fraction of sp³-hybridized carbons (Fsp3) is 0.500. The molecule has 7 nitrogen and oxygen atoms in total. The monoisotopic (exact) mass is 355 g/mol. The Morgan fingerprint density at radius 3 is 2.39 bits per heavy atom. The van der Waals surface area contributed by atoms with Gasteiger partial charge in [0.2, 0.25) is 0 Å². The number of nitrogens with one attached hydrogen (secondary N) is 1. The van der Waals surface area contributed by atoms with E-state index >= 15 is 0 Å². The standard InChI is InChI=1S/C14H23N5O2P2/c1-10-16-13(12-14(17-10)19(3)11(2)18-12)15-7-8-23(6,21)9-22(4,5)20/h7-8H,9H2,1-6H3,(H,15,16,17)/b8-7+. The van der Waals surface area contributed by atoms with Crippen molar-refractivity contribution >= 4 is 31.3 Å². The van der Waals surface area contributed by atoms with E-state index < -0.39 is 14.3 Å². The molecule has 2 aromatic heterocycles. The normalized spacial score (nSPS) is 15.2. The van der Waals surface area contributed by atoms with Gasteiger partial charge in [-0.05, 0) is 39.7 Å². The Labute approximate surface area is 136 Å². The minimum Gasteiger partial charge on any atom is -0.345 e. The van der Waals surface area contributed by atoms with E-state index in [0.29, 0.717) is 17.2 Å². The third kappa shape index (κ3) is 4.52. The van der Waals surface area contributed by atoms with Crippen molar-refractivity contribution in [2.45, 2.75) is 13.8 Å². The number of hydrogen-bond donors (Lipinski definition) is 1. The first-order valence-corrected chi connectivity index (χ1v) is 12.4. The summed E-state index contributed by atoms with van der Waals surface area (Å²) in [5.74, 6) is 3.85. The van der Waals surface area contributed by atoms with Gasteiger partial charge < -0.3 is 19.0 Å². The summed E-state index contributed by atoms with van der Waals surface area (Å²) in [7, 11) is -3.04. The van der Waals surface area contributed by atoms with Gasteiger partial charge in [-0.3, -0.25) is 0 Å². The lowest BCUT2D eigenvalue weighted by atomic mass is 10.4. The molecule has 23 heavy (non-hydrogen) atoms. The number of aromatic nitrogens is 4. The molecule has 2 rings (SSSR count). The van der Waals surface area contributed by atoms with E-state index in [-0.39, 0.29) is 5.90 Å². The van der Waals surface area contributed by atoms with Crippen LogP contribution in [-0.4, -0.2) is 45.4 Å². The fourth-order valence-electron chi connectivity index (χ4n) is 2.38. The lowest BCUT2D eigenvalue weighted by molar-refractivity contribution is 0.578. The van der Waals surface area contributed by atoms with Crippen LogP contribution >= 0.6 is 14.3 Å². The number of aryl methyl sites for hydroxylation is 3. The lowest BCUT2D eigenvalue weighted by Gasteiger charge is -2.11. The van der Waals surface area contributed by atoms with E-state index in [2.05, 4.69) is 20.3 Å². The Morgan fingerprint density at radius 1 is 1.13 bits per heavy atom. The topological polar surface area (TPSA) is 89.8 Å². The summed E-state index contributed by atoms with van der Waals surface area (Å²) in [4.78, 5) is 13.2. The fourth-order valence-corrected chi connectivity index (χ4v) is 8.55. The number of rotatable bonds is 5. The first-order chi connectivity index (χ1) is 10.5. The van der Waals surface area contributed by atoms with Gasteiger partial charge in [0.1, 0.15) is 18.8 Å². The second-order valence-electron chi connectivity index (χ2n) is 6.36. The highest BCUT2D eigenvalue weighted by Crippen LogP contribution is 2.56. The van der Waals surface area contributed by atoms with E-state index in [1.807, 2.05) is 25.5 Å². The Morgan fingerprint density at radius 2 is 1.78 bits per heavy atom. The number of imidazole rings is 1. The second-order valence-corrected chi connectivity index (χ2v) is 13.3. The van der Waals surface area contributed by atoms with Crippen LogP contribution in [0, 0.1) is 13.8 Å². The smallest absolute Gasteiger partial charge is 0.165 e. The van der Waals surface area contributed by atoms with E-state index in [1.54, 1.807) is 32.0 Å². The molecule has 0 amide bonds. The summed E-state index contributed by atoms with van der Waals surface area (Å²) in [6, 6.07) is 0. The molecule has 0 spiro atoms. The van der Waals surface area contributed by atoms with Gasteiger partial charge in [0.15, 0.2) is 17.0 Å². The average Bonchev–Trinajstić information content (AvgIpc) is 2.63. The van der Waals surface area contributed by atoms with Crippen LogP contribution < -0.4 is 5.32 Å². The molecule has 2 heterocycles. The van der Waals surface area contributed by atoms with Crippen molar-refractivity contribution in [1.82, 2.24) is 19.5 Å². The molecular formula is C14H23N5O2P2. The molecule has 0 aromatic carbocycles. The van der Waals surface area contributed by atoms with Crippen LogP contribution in [0.4, 0.5) is 5.82 Å². The maximum atomic E-state index is 12.5. The molecule has 1 atom stereocenters. The van der Waals surface area contributed by atoms with Gasteiger partial charge in [0.25, 0.3) is 0 Å². The predicted octanol–water partition coefficient (Wildman–Crippen LogP) is 3.44. The Kier molecular flexibility index (Phi) is 4.84. The second kappa shape index (κ2) is 6.21. The Balaban J connectivity index is 2.29. The molecule has 0 bridgehead atoms. The van der Waals surface area contributed by atoms with Crippen molar-refractivity contribution in [3.05, 3.63) is 23.7 Å². The number of fused-ring (bicyclic) bond motifs is 1. The zero-order valence-corrected chi connectivity index (χ0v) is 16.2. The van der Waals surface area contributed by atoms with Crippen molar-refractivity contribution in [2.24, 2.45) is 7.05 Å². The summed E-state index contributed by atoms with van der Waals surface area (Å²) >= 11 is 0. The van der Waals surface area contributed by atoms with Gasteiger partial charge in [-0.25, -0.2) is 15.0 Å². The van der Waals surface area contributed by atoms with Crippen LogP contribution in [0.15, 0.2) is 12.0 Å². The molecule has 9 heteroatoms. The molecule has 1 unspecified atom stereocenters. The zero-order chi connectivity index (χ0) is 17.4. The molecule has 0 aliphatic rings. The van der Waals surface area contributed by atoms with Crippen LogP contribution in [0.3, 0.4) is 0 Å². The summed E-state index contributed by atoms with van der Waals surface area (Å²) in [6.07, 6.45) is 1.60. The molecule has 2 aromatic rings. The molecule has 0 aliphatic heterocycles. The highest BCUT2D eigenvalue weighted by molar-refractivity contribution is 7.81. The van der Waals surface area contributed by atoms with E-state index in [0.717, 1.165) is 11.5 Å². The maximum absolute atomic E-state index is 12.5. The van der Waals surface area contributed by atoms with Crippen molar-refractivity contribution in [2.75, 3.05) is 31.2 Å².